The number of imide groups is 1. The second-order valence-corrected chi connectivity index (χ2v) is 5.56. The highest BCUT2D eigenvalue weighted by Crippen LogP contribution is 2.28. The quantitative estimate of drug-likeness (QED) is 0.665. The summed E-state index contributed by atoms with van der Waals surface area (Å²) in [4.78, 5) is 34.6. The van der Waals surface area contributed by atoms with Crippen LogP contribution in [0.3, 0.4) is 0 Å². The first kappa shape index (κ1) is 17.0. The minimum Gasteiger partial charge on any atom is -0.482 e. The number of hydrogen-bond donors (Lipinski definition) is 3. The molecule has 3 N–H and O–H groups in total. The van der Waals surface area contributed by atoms with Crippen molar-refractivity contribution >= 4 is 29.2 Å². The van der Waals surface area contributed by atoms with Crippen LogP contribution in [0.4, 0.5) is 4.79 Å². The van der Waals surface area contributed by atoms with Gasteiger partial charge in [0, 0.05) is 11.4 Å². The Bertz CT molecular complexity index is 527. The van der Waals surface area contributed by atoms with Crippen molar-refractivity contribution in [3.63, 3.8) is 0 Å². The Morgan fingerprint density at radius 2 is 2.10 bits per heavy atom. The molecule has 1 heterocycles. The molecule has 21 heavy (non-hydrogen) atoms. The maximum absolute atomic E-state index is 11.5. The summed E-state index contributed by atoms with van der Waals surface area (Å²) >= 11 is 1.07. The molecule has 0 radical (unpaired) electrons. The van der Waals surface area contributed by atoms with Gasteiger partial charge in [-0.1, -0.05) is 13.3 Å². The van der Waals surface area contributed by atoms with Crippen molar-refractivity contribution in [1.29, 1.82) is 0 Å². The third kappa shape index (κ3) is 5.82. The van der Waals surface area contributed by atoms with Crippen LogP contribution in [-0.4, -0.2) is 36.2 Å². The number of carbonyl (C=O) groups is 3. The molecule has 1 aromatic heterocycles. The number of carboxylic acids is 1. The summed E-state index contributed by atoms with van der Waals surface area (Å²) in [5, 5.41) is 13.6. The number of ether oxygens (including phenoxy) is 1. The zero-order valence-electron chi connectivity index (χ0n) is 11.9. The van der Waals surface area contributed by atoms with Gasteiger partial charge in [-0.3, -0.25) is 10.1 Å². The van der Waals surface area contributed by atoms with E-state index in [0.29, 0.717) is 6.54 Å². The maximum atomic E-state index is 11.5. The van der Waals surface area contributed by atoms with Crippen molar-refractivity contribution in [1.82, 2.24) is 10.6 Å². The summed E-state index contributed by atoms with van der Waals surface area (Å²) in [7, 11) is 0. The van der Waals surface area contributed by atoms with Gasteiger partial charge in [-0.15, -0.1) is 11.3 Å². The van der Waals surface area contributed by atoms with E-state index in [1.807, 2.05) is 6.92 Å². The number of aryl methyl sites for hydroxylation is 1. The van der Waals surface area contributed by atoms with E-state index in [2.05, 4.69) is 10.6 Å². The van der Waals surface area contributed by atoms with Crippen LogP contribution < -0.4 is 15.4 Å². The Balaban J connectivity index is 2.43. The highest BCUT2D eigenvalue weighted by Gasteiger charge is 2.16. The van der Waals surface area contributed by atoms with Crippen LogP contribution in [0.15, 0.2) is 6.07 Å². The van der Waals surface area contributed by atoms with Crippen molar-refractivity contribution in [2.24, 2.45) is 0 Å². The summed E-state index contributed by atoms with van der Waals surface area (Å²) in [5.74, 6) is -1.61. The van der Waals surface area contributed by atoms with E-state index in [9.17, 15) is 14.4 Å². The summed E-state index contributed by atoms with van der Waals surface area (Å²) in [6.45, 7) is 3.80. The highest BCUT2D eigenvalue weighted by atomic mass is 32.1. The fraction of sp³-hybridized carbons (Fsp3) is 0.462. The minimum atomic E-state index is -1.11. The van der Waals surface area contributed by atoms with E-state index in [0.717, 1.165) is 29.1 Å². The van der Waals surface area contributed by atoms with Crippen molar-refractivity contribution in [3.05, 3.63) is 15.8 Å². The molecular weight excluding hydrogens is 296 g/mol. The topological polar surface area (TPSA) is 105 Å². The van der Waals surface area contributed by atoms with Crippen LogP contribution >= 0.6 is 11.3 Å². The second kappa shape index (κ2) is 8.25. The van der Waals surface area contributed by atoms with E-state index in [4.69, 9.17) is 9.84 Å². The number of hydrogen-bond acceptors (Lipinski definition) is 5. The Labute approximate surface area is 126 Å². The molecule has 116 valence electrons. The maximum Gasteiger partial charge on any atom is 0.349 e. The zero-order chi connectivity index (χ0) is 15.8. The number of thiophene rings is 1. The lowest BCUT2D eigenvalue weighted by Gasteiger charge is -2.07. The first-order chi connectivity index (χ1) is 9.93. The minimum absolute atomic E-state index is 0.0349. The van der Waals surface area contributed by atoms with E-state index in [1.54, 1.807) is 13.0 Å². The molecule has 7 nitrogen and oxygen atoms in total. The van der Waals surface area contributed by atoms with Crippen molar-refractivity contribution < 1.29 is 24.2 Å². The third-order valence-corrected chi connectivity index (χ3v) is 3.46. The molecule has 0 aliphatic carbocycles. The van der Waals surface area contributed by atoms with Gasteiger partial charge >= 0.3 is 12.0 Å². The monoisotopic (exact) mass is 314 g/mol. The summed E-state index contributed by atoms with van der Waals surface area (Å²) < 4.78 is 5.15. The Hall–Kier alpha value is -2.09. The average Bonchev–Trinajstić information content (AvgIpc) is 2.78. The summed E-state index contributed by atoms with van der Waals surface area (Å²) in [5.41, 5.74) is 0. The largest absolute Gasteiger partial charge is 0.482 e. The molecular formula is C13H18N2O5S. The van der Waals surface area contributed by atoms with Gasteiger partial charge in [0.05, 0.1) is 0 Å². The SMILES string of the molecule is CCCCNC(=O)NC(=O)COc1cc(C)sc1C(=O)O. The van der Waals surface area contributed by atoms with E-state index < -0.39 is 24.5 Å². The van der Waals surface area contributed by atoms with E-state index >= 15 is 0 Å². The summed E-state index contributed by atoms with van der Waals surface area (Å²) in [6, 6.07) is 0.958. The van der Waals surface area contributed by atoms with Crippen LogP contribution in [0.25, 0.3) is 0 Å². The van der Waals surface area contributed by atoms with E-state index in [-0.39, 0.29) is 10.6 Å². The van der Waals surface area contributed by atoms with Crippen LogP contribution in [0.5, 0.6) is 5.75 Å². The molecule has 0 saturated heterocycles. The van der Waals surface area contributed by atoms with Crippen LogP contribution in [0.2, 0.25) is 0 Å². The number of unbranched alkanes of at least 4 members (excludes halogenated alkanes) is 1. The fourth-order valence-electron chi connectivity index (χ4n) is 1.48. The predicted molar refractivity (Wildman–Crippen MR) is 78.0 cm³/mol. The van der Waals surface area contributed by atoms with Gasteiger partial charge in [-0.2, -0.15) is 0 Å². The molecule has 0 bridgehead atoms. The second-order valence-electron chi connectivity index (χ2n) is 4.30. The molecule has 0 spiro atoms. The fourth-order valence-corrected chi connectivity index (χ4v) is 2.27. The summed E-state index contributed by atoms with van der Waals surface area (Å²) in [6.07, 6.45) is 1.76. The first-order valence-electron chi connectivity index (χ1n) is 6.48. The van der Waals surface area contributed by atoms with Crippen molar-refractivity contribution in [2.45, 2.75) is 26.7 Å². The Morgan fingerprint density at radius 1 is 1.38 bits per heavy atom. The number of amides is 3. The predicted octanol–water partition coefficient (Wildman–Crippen LogP) is 1.76. The lowest BCUT2D eigenvalue weighted by Crippen LogP contribution is -2.41. The third-order valence-electron chi connectivity index (χ3n) is 2.44. The van der Waals surface area contributed by atoms with E-state index in [1.165, 1.54) is 0 Å². The number of aromatic carboxylic acids is 1. The van der Waals surface area contributed by atoms with Crippen LogP contribution in [0.1, 0.15) is 34.3 Å². The van der Waals surface area contributed by atoms with Gasteiger partial charge in [-0.05, 0) is 19.4 Å². The van der Waals surface area contributed by atoms with Crippen molar-refractivity contribution in [2.75, 3.05) is 13.2 Å². The van der Waals surface area contributed by atoms with Gasteiger partial charge in [0.25, 0.3) is 5.91 Å². The number of rotatable bonds is 7. The molecule has 0 unspecified atom stereocenters. The van der Waals surface area contributed by atoms with Gasteiger partial charge in [-0.25, -0.2) is 9.59 Å². The average molecular weight is 314 g/mol. The molecule has 1 rings (SSSR count). The lowest BCUT2D eigenvalue weighted by molar-refractivity contribution is -0.122. The van der Waals surface area contributed by atoms with Gasteiger partial charge in [0.1, 0.15) is 5.75 Å². The first-order valence-corrected chi connectivity index (χ1v) is 7.30. The van der Waals surface area contributed by atoms with Crippen LogP contribution in [0, 0.1) is 6.92 Å². The molecule has 3 amide bonds. The van der Waals surface area contributed by atoms with Crippen LogP contribution in [-0.2, 0) is 4.79 Å². The number of nitrogens with one attached hydrogen (secondary N) is 2. The zero-order valence-corrected chi connectivity index (χ0v) is 12.7. The smallest absolute Gasteiger partial charge is 0.349 e. The standard InChI is InChI=1S/C13H18N2O5S/c1-3-4-5-14-13(19)15-10(16)7-20-9-6-8(2)21-11(9)12(17)18/h6H,3-5,7H2,1-2H3,(H,17,18)(H2,14,15,16,19). The number of carboxylic acid groups (broad SMARTS) is 1. The van der Waals surface area contributed by atoms with Crippen molar-refractivity contribution in [3.8, 4) is 5.75 Å². The van der Waals surface area contributed by atoms with Gasteiger partial charge < -0.3 is 15.2 Å². The molecule has 0 aliphatic rings. The molecule has 0 fully saturated rings. The number of urea groups is 1. The normalized spacial score (nSPS) is 10.0. The van der Waals surface area contributed by atoms with Gasteiger partial charge in [0.15, 0.2) is 11.5 Å². The highest BCUT2D eigenvalue weighted by molar-refractivity contribution is 7.14. The Morgan fingerprint density at radius 3 is 2.71 bits per heavy atom. The molecule has 0 saturated carbocycles. The number of carbonyl (C=O) groups excluding carboxylic acids is 2. The molecule has 8 heteroatoms. The molecule has 0 aromatic carbocycles. The molecule has 0 aliphatic heterocycles. The lowest BCUT2D eigenvalue weighted by atomic mass is 10.3. The Kier molecular flexibility index (Phi) is 6.67. The van der Waals surface area contributed by atoms with Gasteiger partial charge in [0.2, 0.25) is 0 Å². The molecule has 0 atom stereocenters. The molecule has 1 aromatic rings.